The smallest absolute Gasteiger partial charge is 0.313 e. The van der Waals surface area contributed by atoms with Gasteiger partial charge in [-0.1, -0.05) is 19.1 Å². The molecule has 1 aliphatic rings. The van der Waals surface area contributed by atoms with Crippen LogP contribution in [0.5, 0.6) is 0 Å². The first-order valence-electron chi connectivity index (χ1n) is 9.01. The molecule has 1 aromatic carbocycles. The lowest BCUT2D eigenvalue weighted by atomic mass is 9.72. The lowest BCUT2D eigenvalue weighted by Crippen LogP contribution is -2.51. The molecule has 0 bridgehead atoms. The van der Waals surface area contributed by atoms with Gasteiger partial charge in [0, 0.05) is 12.1 Å². The Kier molecular flexibility index (Phi) is 5.58. The Bertz CT molecular complexity index is 889. The molecule has 28 heavy (non-hydrogen) atoms. The summed E-state index contributed by atoms with van der Waals surface area (Å²) in [6.07, 6.45) is 2.75. The lowest BCUT2D eigenvalue weighted by Gasteiger charge is -2.35. The number of carbonyl (C=O) groups excluding carboxylic acids is 4. The maximum absolute atomic E-state index is 12.4. The van der Waals surface area contributed by atoms with Crippen molar-refractivity contribution in [2.75, 3.05) is 5.32 Å². The normalized spacial score (nSPS) is 19.0. The summed E-state index contributed by atoms with van der Waals surface area (Å²) in [5.74, 6) is -1.61. The predicted octanol–water partition coefficient (Wildman–Crippen LogP) is 1.62. The van der Waals surface area contributed by atoms with Gasteiger partial charge < -0.3 is 15.1 Å². The molecular formula is C20H21N3O5. The van der Waals surface area contributed by atoms with E-state index in [2.05, 4.69) is 16.0 Å². The Morgan fingerprint density at radius 1 is 1.14 bits per heavy atom. The summed E-state index contributed by atoms with van der Waals surface area (Å²) in [5.41, 5.74) is 0.428. The third kappa shape index (κ3) is 3.95. The van der Waals surface area contributed by atoms with Crippen molar-refractivity contribution in [1.82, 2.24) is 10.6 Å². The first-order valence-corrected chi connectivity index (χ1v) is 9.01. The van der Waals surface area contributed by atoms with Crippen molar-refractivity contribution in [1.29, 1.82) is 0 Å². The zero-order chi connectivity index (χ0) is 20.1. The molecule has 1 aromatic heterocycles. The molecule has 2 heterocycles. The maximum atomic E-state index is 12.4. The van der Waals surface area contributed by atoms with Gasteiger partial charge in [-0.15, -0.1) is 0 Å². The number of furan rings is 1. The summed E-state index contributed by atoms with van der Waals surface area (Å²) >= 11 is 0. The van der Waals surface area contributed by atoms with Crippen molar-refractivity contribution in [2.45, 2.75) is 38.1 Å². The zero-order valence-corrected chi connectivity index (χ0v) is 15.4. The Balaban J connectivity index is 1.63. The molecule has 0 spiro atoms. The number of anilines is 1. The molecule has 1 saturated heterocycles. The molecule has 4 amide bonds. The van der Waals surface area contributed by atoms with Gasteiger partial charge in [-0.05, 0) is 42.7 Å². The second kappa shape index (κ2) is 8.08. The quantitative estimate of drug-likeness (QED) is 0.536. The first kappa shape index (κ1) is 19.3. The highest BCUT2D eigenvalue weighted by molar-refractivity contribution is 6.39. The molecule has 1 atom stereocenters. The number of rotatable bonds is 5. The van der Waals surface area contributed by atoms with Crippen LogP contribution in [0.2, 0.25) is 0 Å². The average Bonchev–Trinajstić information content (AvgIpc) is 3.21. The molecule has 1 fully saturated rings. The third-order valence-corrected chi connectivity index (χ3v) is 4.97. The van der Waals surface area contributed by atoms with Gasteiger partial charge in [0.2, 0.25) is 11.8 Å². The van der Waals surface area contributed by atoms with Crippen LogP contribution in [-0.4, -0.2) is 23.6 Å². The lowest BCUT2D eigenvalue weighted by molar-refractivity contribution is -0.138. The molecule has 8 heteroatoms. The molecule has 0 saturated carbocycles. The van der Waals surface area contributed by atoms with E-state index < -0.39 is 17.2 Å². The second-order valence-corrected chi connectivity index (χ2v) is 6.61. The number of amides is 4. The van der Waals surface area contributed by atoms with Gasteiger partial charge in [0.1, 0.15) is 5.76 Å². The predicted molar refractivity (Wildman–Crippen MR) is 100.0 cm³/mol. The van der Waals surface area contributed by atoms with E-state index in [1.165, 1.54) is 6.26 Å². The molecule has 3 N–H and O–H groups in total. The van der Waals surface area contributed by atoms with Crippen LogP contribution in [0.3, 0.4) is 0 Å². The third-order valence-electron chi connectivity index (χ3n) is 4.97. The standard InChI is InChI=1S/C20H21N3O5/c1-2-20(10-9-16(24)23-19(20)27)13-5-7-14(8-6-13)22-18(26)17(25)21-12-15-4-3-11-28-15/h3-8,11H,2,9-10,12H2,1H3,(H,21,25)(H,22,26)(H,23,24,27)/t20-/m1/s1. The number of piperidine rings is 1. The molecule has 0 unspecified atom stereocenters. The van der Waals surface area contributed by atoms with E-state index in [9.17, 15) is 19.2 Å². The van der Waals surface area contributed by atoms with Gasteiger partial charge in [-0.25, -0.2) is 0 Å². The van der Waals surface area contributed by atoms with E-state index in [1.54, 1.807) is 36.4 Å². The van der Waals surface area contributed by atoms with E-state index >= 15 is 0 Å². The van der Waals surface area contributed by atoms with Gasteiger partial charge in [0.15, 0.2) is 0 Å². The SMILES string of the molecule is CC[C@]1(c2ccc(NC(=O)C(=O)NCc3ccco3)cc2)CCC(=O)NC1=O. The molecule has 2 aromatic rings. The van der Waals surface area contributed by atoms with E-state index in [-0.39, 0.29) is 24.8 Å². The van der Waals surface area contributed by atoms with E-state index in [1.807, 2.05) is 6.92 Å². The largest absolute Gasteiger partial charge is 0.467 e. The fraction of sp³-hybridized carbons (Fsp3) is 0.300. The van der Waals surface area contributed by atoms with Crippen LogP contribution in [-0.2, 0) is 31.1 Å². The summed E-state index contributed by atoms with van der Waals surface area (Å²) in [4.78, 5) is 47.8. The van der Waals surface area contributed by atoms with Crippen molar-refractivity contribution in [3.8, 4) is 0 Å². The fourth-order valence-corrected chi connectivity index (χ4v) is 3.29. The summed E-state index contributed by atoms with van der Waals surface area (Å²) in [6, 6.07) is 10.1. The molecule has 1 aliphatic heterocycles. The van der Waals surface area contributed by atoms with Crippen molar-refractivity contribution in [3.63, 3.8) is 0 Å². The molecule has 0 aliphatic carbocycles. The zero-order valence-electron chi connectivity index (χ0n) is 15.4. The van der Waals surface area contributed by atoms with E-state index in [0.29, 0.717) is 24.3 Å². The number of benzene rings is 1. The Labute approximate surface area is 161 Å². The summed E-state index contributed by atoms with van der Waals surface area (Å²) < 4.78 is 5.09. The van der Waals surface area contributed by atoms with Gasteiger partial charge in [0.25, 0.3) is 0 Å². The Morgan fingerprint density at radius 3 is 2.50 bits per heavy atom. The summed E-state index contributed by atoms with van der Waals surface area (Å²) in [6.45, 7) is 2.01. The molecule has 8 nitrogen and oxygen atoms in total. The van der Waals surface area contributed by atoms with Crippen LogP contribution in [0, 0.1) is 0 Å². The average molecular weight is 383 g/mol. The van der Waals surface area contributed by atoms with Crippen LogP contribution in [0.25, 0.3) is 0 Å². The van der Waals surface area contributed by atoms with Crippen LogP contribution in [0.15, 0.2) is 47.1 Å². The van der Waals surface area contributed by atoms with Gasteiger partial charge >= 0.3 is 11.8 Å². The summed E-state index contributed by atoms with van der Waals surface area (Å²) in [5, 5.41) is 7.38. The highest BCUT2D eigenvalue weighted by Crippen LogP contribution is 2.36. The number of hydrogen-bond acceptors (Lipinski definition) is 5. The van der Waals surface area contributed by atoms with Crippen LogP contribution < -0.4 is 16.0 Å². The minimum absolute atomic E-state index is 0.116. The second-order valence-electron chi connectivity index (χ2n) is 6.61. The van der Waals surface area contributed by atoms with Gasteiger partial charge in [-0.2, -0.15) is 0 Å². The minimum Gasteiger partial charge on any atom is -0.467 e. The molecule has 146 valence electrons. The number of imide groups is 1. The Morgan fingerprint density at radius 2 is 1.89 bits per heavy atom. The highest BCUT2D eigenvalue weighted by atomic mass is 16.3. The number of hydrogen-bond donors (Lipinski definition) is 3. The topological polar surface area (TPSA) is 118 Å². The summed E-state index contributed by atoms with van der Waals surface area (Å²) in [7, 11) is 0. The highest BCUT2D eigenvalue weighted by Gasteiger charge is 2.42. The van der Waals surface area contributed by atoms with Crippen molar-refractivity contribution in [3.05, 3.63) is 54.0 Å². The van der Waals surface area contributed by atoms with Crippen molar-refractivity contribution >= 4 is 29.3 Å². The van der Waals surface area contributed by atoms with E-state index in [4.69, 9.17) is 4.42 Å². The van der Waals surface area contributed by atoms with Crippen LogP contribution in [0.4, 0.5) is 5.69 Å². The van der Waals surface area contributed by atoms with Gasteiger partial charge in [0.05, 0.1) is 18.2 Å². The van der Waals surface area contributed by atoms with E-state index in [0.717, 1.165) is 5.56 Å². The molecule has 3 rings (SSSR count). The van der Waals surface area contributed by atoms with Crippen molar-refractivity contribution in [2.24, 2.45) is 0 Å². The van der Waals surface area contributed by atoms with Crippen LogP contribution >= 0.6 is 0 Å². The number of carbonyl (C=O) groups is 4. The van der Waals surface area contributed by atoms with Crippen molar-refractivity contribution < 1.29 is 23.6 Å². The molecular weight excluding hydrogens is 362 g/mol. The molecule has 0 radical (unpaired) electrons. The monoisotopic (exact) mass is 383 g/mol. The number of nitrogens with one attached hydrogen (secondary N) is 3. The Hall–Kier alpha value is -3.42. The fourth-order valence-electron chi connectivity index (χ4n) is 3.29. The maximum Gasteiger partial charge on any atom is 0.313 e. The van der Waals surface area contributed by atoms with Gasteiger partial charge in [-0.3, -0.25) is 24.5 Å². The minimum atomic E-state index is -0.800. The first-order chi connectivity index (χ1) is 13.4. The van der Waals surface area contributed by atoms with Crippen LogP contribution in [0.1, 0.15) is 37.5 Å².